The molecule has 0 saturated heterocycles. The smallest absolute Gasteiger partial charge is 0.180 e. The number of aromatic amines is 1. The van der Waals surface area contributed by atoms with Crippen LogP contribution in [0.3, 0.4) is 0 Å². The van der Waals surface area contributed by atoms with Crippen LogP contribution in [0, 0.1) is 13.8 Å². The zero-order valence-corrected chi connectivity index (χ0v) is 11.3. The van der Waals surface area contributed by atoms with E-state index in [0.29, 0.717) is 0 Å². The first kappa shape index (κ1) is 11.2. The molecule has 3 aromatic heterocycles. The Morgan fingerprint density at radius 2 is 1.95 bits per heavy atom. The molecule has 0 aliphatic carbocycles. The van der Waals surface area contributed by atoms with Crippen LogP contribution >= 0.6 is 0 Å². The summed E-state index contributed by atoms with van der Waals surface area (Å²) in [6, 6.07) is 8.33. The molecule has 1 aromatic carbocycles. The van der Waals surface area contributed by atoms with Crippen molar-refractivity contribution in [3.05, 3.63) is 47.8 Å². The van der Waals surface area contributed by atoms with Gasteiger partial charge < -0.3 is 4.98 Å². The van der Waals surface area contributed by atoms with Crippen molar-refractivity contribution >= 4 is 16.8 Å². The van der Waals surface area contributed by atoms with Gasteiger partial charge in [-0.15, -0.1) is 10.2 Å². The van der Waals surface area contributed by atoms with Crippen LogP contribution in [0.5, 0.6) is 0 Å². The Morgan fingerprint density at radius 3 is 2.80 bits per heavy atom. The molecule has 0 aliphatic heterocycles. The molecule has 3 heterocycles. The number of hydrogen-bond donors (Lipinski definition) is 1. The minimum absolute atomic E-state index is 0.755. The average Bonchev–Trinajstić information content (AvgIpc) is 3.06. The highest BCUT2D eigenvalue weighted by atomic mass is 15.3. The molecule has 0 aliphatic rings. The molecule has 98 valence electrons. The quantitative estimate of drug-likeness (QED) is 0.574. The largest absolute Gasteiger partial charge is 0.345 e. The van der Waals surface area contributed by atoms with Gasteiger partial charge in [0, 0.05) is 11.8 Å². The first-order chi connectivity index (χ1) is 9.74. The normalized spacial score (nSPS) is 11.5. The van der Waals surface area contributed by atoms with Crippen molar-refractivity contribution in [1.29, 1.82) is 0 Å². The monoisotopic (exact) mass is 263 g/mol. The van der Waals surface area contributed by atoms with Crippen LogP contribution < -0.4 is 0 Å². The highest BCUT2D eigenvalue weighted by Gasteiger charge is 2.12. The van der Waals surface area contributed by atoms with Gasteiger partial charge in [-0.25, -0.2) is 4.98 Å². The maximum atomic E-state index is 4.33. The van der Waals surface area contributed by atoms with Gasteiger partial charge in [0.2, 0.25) is 0 Å². The van der Waals surface area contributed by atoms with E-state index in [1.807, 2.05) is 16.7 Å². The highest BCUT2D eigenvalue weighted by Crippen LogP contribution is 2.23. The summed E-state index contributed by atoms with van der Waals surface area (Å²) in [6.45, 7) is 4.21. The molecule has 5 nitrogen and oxygen atoms in total. The number of rotatable bonds is 1. The molecule has 4 rings (SSSR count). The first-order valence-corrected chi connectivity index (χ1v) is 6.49. The molecule has 0 fully saturated rings. The third-order valence-electron chi connectivity index (χ3n) is 3.71. The van der Waals surface area contributed by atoms with Gasteiger partial charge in [0.15, 0.2) is 17.1 Å². The molecule has 0 radical (unpaired) electrons. The number of nitrogens with zero attached hydrogens (tertiary/aromatic N) is 4. The number of fused-ring (bicyclic) bond motifs is 3. The van der Waals surface area contributed by atoms with Crippen molar-refractivity contribution in [2.24, 2.45) is 0 Å². The second kappa shape index (κ2) is 3.90. The van der Waals surface area contributed by atoms with Crippen LogP contribution in [0.4, 0.5) is 0 Å². The van der Waals surface area contributed by atoms with Gasteiger partial charge in [-0.3, -0.25) is 4.40 Å². The van der Waals surface area contributed by atoms with E-state index in [2.05, 4.69) is 52.2 Å². The van der Waals surface area contributed by atoms with Gasteiger partial charge in [-0.1, -0.05) is 12.1 Å². The first-order valence-electron chi connectivity index (χ1n) is 6.49. The lowest BCUT2D eigenvalue weighted by Gasteiger charge is -2.04. The Morgan fingerprint density at radius 1 is 1.05 bits per heavy atom. The molecular weight excluding hydrogens is 250 g/mol. The molecule has 0 bridgehead atoms. The van der Waals surface area contributed by atoms with E-state index in [0.717, 1.165) is 28.2 Å². The topological polar surface area (TPSA) is 58.9 Å². The van der Waals surface area contributed by atoms with E-state index in [9.17, 15) is 0 Å². The summed E-state index contributed by atoms with van der Waals surface area (Å²) in [5, 5.41) is 8.54. The fourth-order valence-electron chi connectivity index (χ4n) is 2.44. The molecule has 4 aromatic rings. The number of aromatic nitrogens is 5. The SMILES string of the molecule is Cc1ccc(-c2nnc3cnc4[nH]ccc4n23)cc1C. The zero-order chi connectivity index (χ0) is 13.7. The lowest BCUT2D eigenvalue weighted by atomic mass is 10.1. The van der Waals surface area contributed by atoms with Gasteiger partial charge in [0.1, 0.15) is 0 Å². The van der Waals surface area contributed by atoms with Crippen LogP contribution in [0.1, 0.15) is 11.1 Å². The van der Waals surface area contributed by atoms with E-state index < -0.39 is 0 Å². The number of benzene rings is 1. The fourth-order valence-corrected chi connectivity index (χ4v) is 2.44. The Labute approximate surface area is 115 Å². The zero-order valence-electron chi connectivity index (χ0n) is 11.3. The highest BCUT2D eigenvalue weighted by molar-refractivity contribution is 5.77. The minimum Gasteiger partial charge on any atom is -0.345 e. The van der Waals surface area contributed by atoms with Crippen molar-refractivity contribution < 1.29 is 0 Å². The predicted molar refractivity (Wildman–Crippen MR) is 77.5 cm³/mol. The van der Waals surface area contributed by atoms with Gasteiger partial charge in [-0.2, -0.15) is 0 Å². The molecule has 20 heavy (non-hydrogen) atoms. The number of hydrogen-bond acceptors (Lipinski definition) is 3. The van der Waals surface area contributed by atoms with Crippen molar-refractivity contribution in [2.45, 2.75) is 13.8 Å². The second-order valence-electron chi connectivity index (χ2n) is 4.99. The molecular formula is C15H13N5. The number of aryl methyl sites for hydroxylation is 2. The van der Waals surface area contributed by atoms with E-state index in [-0.39, 0.29) is 0 Å². The summed E-state index contributed by atoms with van der Waals surface area (Å²) >= 11 is 0. The van der Waals surface area contributed by atoms with Gasteiger partial charge in [0.25, 0.3) is 0 Å². The molecule has 0 amide bonds. The van der Waals surface area contributed by atoms with Crippen LogP contribution in [0.25, 0.3) is 28.2 Å². The van der Waals surface area contributed by atoms with Crippen molar-refractivity contribution in [3.63, 3.8) is 0 Å². The van der Waals surface area contributed by atoms with Crippen molar-refractivity contribution in [1.82, 2.24) is 24.6 Å². The summed E-state index contributed by atoms with van der Waals surface area (Å²) in [7, 11) is 0. The van der Waals surface area contributed by atoms with Crippen LogP contribution in [-0.2, 0) is 0 Å². The number of nitrogens with one attached hydrogen (secondary N) is 1. The summed E-state index contributed by atoms with van der Waals surface area (Å²) in [4.78, 5) is 7.44. The minimum atomic E-state index is 0.755. The molecule has 0 atom stereocenters. The van der Waals surface area contributed by atoms with Gasteiger partial charge in [0.05, 0.1) is 11.7 Å². The molecule has 0 unspecified atom stereocenters. The maximum absolute atomic E-state index is 4.33. The van der Waals surface area contributed by atoms with Crippen LogP contribution in [0.2, 0.25) is 0 Å². The number of H-pyrrole nitrogens is 1. The van der Waals surface area contributed by atoms with Crippen LogP contribution in [-0.4, -0.2) is 24.6 Å². The van der Waals surface area contributed by atoms with E-state index in [1.54, 1.807) is 6.20 Å². The van der Waals surface area contributed by atoms with E-state index >= 15 is 0 Å². The molecule has 5 heteroatoms. The lowest BCUT2D eigenvalue weighted by Crippen LogP contribution is -1.93. The molecule has 0 saturated carbocycles. The Balaban J connectivity index is 2.08. The van der Waals surface area contributed by atoms with Crippen LogP contribution in [0.15, 0.2) is 36.7 Å². The second-order valence-corrected chi connectivity index (χ2v) is 4.99. The summed E-state index contributed by atoms with van der Waals surface area (Å²) in [5.74, 6) is 0.843. The summed E-state index contributed by atoms with van der Waals surface area (Å²) in [5.41, 5.74) is 6.16. The Hall–Kier alpha value is -2.69. The third-order valence-corrected chi connectivity index (χ3v) is 3.71. The van der Waals surface area contributed by atoms with E-state index in [1.165, 1.54) is 11.1 Å². The van der Waals surface area contributed by atoms with Crippen molar-refractivity contribution in [2.75, 3.05) is 0 Å². The summed E-state index contributed by atoms with van der Waals surface area (Å²) < 4.78 is 2.03. The Bertz CT molecular complexity index is 932. The Kier molecular flexibility index (Phi) is 2.18. The third kappa shape index (κ3) is 1.46. The average molecular weight is 263 g/mol. The molecule has 0 spiro atoms. The van der Waals surface area contributed by atoms with Gasteiger partial charge >= 0.3 is 0 Å². The van der Waals surface area contributed by atoms with E-state index in [4.69, 9.17) is 0 Å². The fraction of sp³-hybridized carbons (Fsp3) is 0.133. The summed E-state index contributed by atoms with van der Waals surface area (Å²) in [6.07, 6.45) is 3.61. The lowest BCUT2D eigenvalue weighted by molar-refractivity contribution is 1.11. The standard InChI is InChI=1S/C15H13N5/c1-9-3-4-11(7-10(9)2)15-19-18-13-8-17-14-12(20(13)15)5-6-16-14/h3-8,16H,1-2H3. The maximum Gasteiger partial charge on any atom is 0.180 e. The predicted octanol–water partition coefficient (Wildman–Crippen LogP) is 2.89. The van der Waals surface area contributed by atoms with Gasteiger partial charge in [-0.05, 0) is 37.1 Å². The molecule has 1 N–H and O–H groups in total. The van der Waals surface area contributed by atoms with Crippen molar-refractivity contribution in [3.8, 4) is 11.4 Å².